The molecule has 5 aromatic rings. The lowest BCUT2D eigenvalue weighted by atomic mass is 9.84. The summed E-state index contributed by atoms with van der Waals surface area (Å²) in [6.07, 6.45) is 9.92. The summed E-state index contributed by atoms with van der Waals surface area (Å²) in [4.78, 5) is 61.7. The average Bonchev–Trinajstić information content (AvgIpc) is 3.89. The molecule has 1 aromatic carbocycles. The van der Waals surface area contributed by atoms with Gasteiger partial charge in [0.25, 0.3) is 5.91 Å². The standard InChI is InChI=1S/C49H59N9O5S/c1-29(62-5)43-37(21-33(26-51-43)56-17-15-55(4)16-18-56)45-38-24-49(2,3)28-63-48(61)39-11-8-14-58(54-39)47(60)40(53-46(59)36-22-34(36)31-9-6-12-50-25-31)23-42-52-41(27-64-42)32-19-30-10-7-13-57(45)44(30)35(38)20-32/h6,9,12,19-21,25-27,29,34,36,39-40,54H,7-8,10-11,13-18,22-24,28H2,1-5H3,(H,53,59)/t29-,34+,36-,39-,40-/m0/s1. The molecule has 0 unspecified atom stereocenters. The lowest BCUT2D eigenvalue weighted by molar-refractivity contribution is -0.155. The second-order valence-electron chi connectivity index (χ2n) is 19.3. The summed E-state index contributed by atoms with van der Waals surface area (Å²) >= 11 is 1.50. The Labute approximate surface area is 378 Å². The summed E-state index contributed by atoms with van der Waals surface area (Å²) in [6.45, 7) is 11.7. The number of likely N-dealkylation sites (N-methyl/N-ethyl adjacent to an activating group) is 1. The van der Waals surface area contributed by atoms with E-state index in [2.05, 4.69) is 81.5 Å². The van der Waals surface area contributed by atoms with E-state index in [0.717, 1.165) is 95.4 Å². The average molecular weight is 886 g/mol. The zero-order valence-corrected chi connectivity index (χ0v) is 38.4. The van der Waals surface area contributed by atoms with Crippen molar-refractivity contribution in [1.82, 2.24) is 40.2 Å². The topological polar surface area (TPSA) is 147 Å². The maximum atomic E-state index is 14.4. The maximum Gasteiger partial charge on any atom is 0.324 e. The van der Waals surface area contributed by atoms with Crippen molar-refractivity contribution in [2.45, 2.75) is 96.4 Å². The molecule has 2 saturated heterocycles. The molecular weight excluding hydrogens is 827 g/mol. The van der Waals surface area contributed by atoms with Crippen molar-refractivity contribution in [1.29, 1.82) is 0 Å². The Morgan fingerprint density at radius 2 is 1.92 bits per heavy atom. The highest BCUT2D eigenvalue weighted by atomic mass is 32.1. The van der Waals surface area contributed by atoms with E-state index in [0.29, 0.717) is 32.2 Å². The van der Waals surface area contributed by atoms with Crippen molar-refractivity contribution in [3.8, 4) is 22.5 Å². The fraction of sp³-hybridized carbons (Fsp3) is 0.510. The third kappa shape index (κ3) is 8.31. The zero-order valence-electron chi connectivity index (χ0n) is 37.6. The van der Waals surface area contributed by atoms with Crippen LogP contribution < -0.4 is 15.6 Å². The number of nitrogens with zero attached hydrogens (tertiary/aromatic N) is 7. The Hall–Kier alpha value is -5.22. The van der Waals surface area contributed by atoms with E-state index in [1.807, 2.05) is 24.5 Å². The summed E-state index contributed by atoms with van der Waals surface area (Å²) < 4.78 is 14.7. The van der Waals surface area contributed by atoms with Crippen molar-refractivity contribution in [3.05, 3.63) is 81.7 Å². The molecule has 5 atom stereocenters. The number of piperazine rings is 1. The SMILES string of the molecule is CO[C@@H](C)c1ncc(N2CCN(C)CC2)cc1-c1c2c3cc(cc4c3n1CCC4)-c1csc(n1)C[C@H](NC(=O)[C@H]1C[C@@H]1c1cccnc1)C(=O)N1CCC[C@H](N1)C(=O)OCC(C)(C)C2. The van der Waals surface area contributed by atoms with Crippen LogP contribution in [0.2, 0.25) is 0 Å². The monoisotopic (exact) mass is 885 g/mol. The number of carbonyl (C=O) groups is 3. The Balaban J connectivity index is 1.08. The smallest absolute Gasteiger partial charge is 0.324 e. The lowest BCUT2D eigenvalue weighted by Crippen LogP contribution is -2.60. The van der Waals surface area contributed by atoms with E-state index in [-0.39, 0.29) is 48.8 Å². The molecule has 8 heterocycles. The van der Waals surface area contributed by atoms with Crippen molar-refractivity contribution >= 4 is 45.7 Å². The number of methoxy groups -OCH3 is 1. The normalized spacial score (nSPS) is 24.3. The first kappa shape index (κ1) is 42.7. The first-order valence-electron chi connectivity index (χ1n) is 23.0. The number of benzene rings is 1. The number of cyclic esters (lactones) is 1. The number of hydrogen-bond donors (Lipinski definition) is 2. The van der Waals surface area contributed by atoms with E-state index in [1.54, 1.807) is 13.3 Å². The molecule has 64 heavy (non-hydrogen) atoms. The predicted molar refractivity (Wildman–Crippen MR) is 247 cm³/mol. The van der Waals surface area contributed by atoms with Crippen LogP contribution in [0.1, 0.15) is 85.9 Å². The van der Waals surface area contributed by atoms with Gasteiger partial charge in [0, 0.05) is 98.4 Å². The molecule has 10 rings (SSSR count). The van der Waals surface area contributed by atoms with Gasteiger partial charge in [-0.3, -0.25) is 29.4 Å². The molecule has 1 aliphatic carbocycles. The molecule has 336 valence electrons. The minimum absolute atomic E-state index is 0.0642. The Morgan fingerprint density at radius 3 is 2.72 bits per heavy atom. The number of hydrogen-bond acceptors (Lipinski definition) is 12. The Bertz CT molecular complexity index is 2580. The van der Waals surface area contributed by atoms with Gasteiger partial charge in [0.2, 0.25) is 5.91 Å². The number of anilines is 1. The van der Waals surface area contributed by atoms with Gasteiger partial charge in [-0.2, -0.15) is 0 Å². The van der Waals surface area contributed by atoms with Gasteiger partial charge >= 0.3 is 5.97 Å². The summed E-state index contributed by atoms with van der Waals surface area (Å²) in [5.41, 5.74) is 13.5. The Kier molecular flexibility index (Phi) is 11.5. The van der Waals surface area contributed by atoms with Crippen LogP contribution >= 0.6 is 11.3 Å². The fourth-order valence-electron chi connectivity index (χ4n) is 10.3. The second kappa shape index (κ2) is 17.3. The van der Waals surface area contributed by atoms with Crippen molar-refractivity contribution in [2.75, 3.05) is 58.4 Å². The third-order valence-corrected chi connectivity index (χ3v) is 14.9. The largest absolute Gasteiger partial charge is 0.464 e. The van der Waals surface area contributed by atoms with E-state index >= 15 is 0 Å². The molecule has 0 spiro atoms. The molecular formula is C49H59N9O5S. The summed E-state index contributed by atoms with van der Waals surface area (Å²) in [6, 6.07) is 9.21. The fourth-order valence-corrected chi connectivity index (χ4v) is 11.1. The van der Waals surface area contributed by atoms with Crippen molar-refractivity contribution in [2.24, 2.45) is 11.3 Å². The maximum absolute atomic E-state index is 14.4. The van der Waals surface area contributed by atoms with Crippen molar-refractivity contribution in [3.63, 3.8) is 0 Å². The number of hydrazine groups is 1. The summed E-state index contributed by atoms with van der Waals surface area (Å²) in [7, 11) is 3.92. The quantitative estimate of drug-likeness (QED) is 0.184. The van der Waals surface area contributed by atoms with E-state index in [4.69, 9.17) is 19.4 Å². The van der Waals surface area contributed by atoms with Gasteiger partial charge in [0.05, 0.1) is 52.2 Å². The number of nitrogens with one attached hydrogen (secondary N) is 2. The van der Waals surface area contributed by atoms with E-state index in [1.165, 1.54) is 33.0 Å². The number of aromatic nitrogens is 4. The molecule has 14 nitrogen and oxygen atoms in total. The molecule has 2 N–H and O–H groups in total. The summed E-state index contributed by atoms with van der Waals surface area (Å²) in [5, 5.41) is 8.62. The highest BCUT2D eigenvalue weighted by Gasteiger charge is 2.46. The number of ether oxygens (including phenoxy) is 2. The second-order valence-corrected chi connectivity index (χ2v) is 20.2. The van der Waals surface area contributed by atoms with Crippen LogP contribution in [-0.4, -0.2) is 113 Å². The van der Waals surface area contributed by atoms with Gasteiger partial charge in [0.1, 0.15) is 12.1 Å². The first-order chi connectivity index (χ1) is 30.9. The first-order valence-corrected chi connectivity index (χ1v) is 23.9. The molecule has 2 amide bonds. The van der Waals surface area contributed by atoms with Gasteiger partial charge in [0.15, 0.2) is 0 Å². The Morgan fingerprint density at radius 1 is 1.08 bits per heavy atom. The van der Waals surface area contributed by atoms with Crippen LogP contribution in [-0.2, 0) is 49.7 Å². The molecule has 4 aliphatic heterocycles. The number of esters is 1. The number of thiazole rings is 1. The van der Waals surface area contributed by atoms with Crippen LogP contribution in [0.3, 0.4) is 0 Å². The van der Waals surface area contributed by atoms with Gasteiger partial charge in [-0.25, -0.2) is 10.4 Å². The molecule has 5 aliphatic rings. The highest BCUT2D eigenvalue weighted by molar-refractivity contribution is 7.10. The summed E-state index contributed by atoms with van der Waals surface area (Å²) in [5.74, 6) is -1.02. The number of amides is 2. The minimum Gasteiger partial charge on any atom is -0.464 e. The molecule has 4 aromatic heterocycles. The van der Waals surface area contributed by atoms with Gasteiger partial charge < -0.3 is 29.2 Å². The van der Waals surface area contributed by atoms with Crippen LogP contribution in [0.5, 0.6) is 0 Å². The van der Waals surface area contributed by atoms with E-state index in [9.17, 15) is 14.4 Å². The van der Waals surface area contributed by atoms with Crippen molar-refractivity contribution < 1.29 is 23.9 Å². The number of carbonyl (C=O) groups excluding carboxylic acids is 3. The molecule has 0 radical (unpaired) electrons. The minimum atomic E-state index is -0.882. The van der Waals surface area contributed by atoms with Crippen LogP contribution in [0, 0.1) is 11.3 Å². The number of fused-ring (bicyclic) bond motifs is 6. The number of pyridine rings is 2. The third-order valence-electron chi connectivity index (χ3n) is 14.0. The van der Waals surface area contributed by atoms with Gasteiger partial charge in [-0.15, -0.1) is 11.3 Å². The van der Waals surface area contributed by atoms with Gasteiger partial charge in [-0.05, 0) is 99.4 Å². The molecule has 15 heteroatoms. The number of rotatable bonds is 7. The predicted octanol–water partition coefficient (Wildman–Crippen LogP) is 6.08. The molecule has 6 bridgehead atoms. The van der Waals surface area contributed by atoms with E-state index < -0.39 is 17.5 Å². The van der Waals surface area contributed by atoms with Crippen LogP contribution in [0.4, 0.5) is 5.69 Å². The highest BCUT2D eigenvalue weighted by Crippen LogP contribution is 2.48. The zero-order chi connectivity index (χ0) is 44.3. The lowest BCUT2D eigenvalue weighted by Gasteiger charge is -2.35. The molecule has 3 fully saturated rings. The molecule has 1 saturated carbocycles. The van der Waals surface area contributed by atoms with Gasteiger partial charge in [-0.1, -0.05) is 19.9 Å². The van der Waals surface area contributed by atoms with Crippen LogP contribution in [0.15, 0.2) is 54.3 Å². The van der Waals surface area contributed by atoms with Crippen LogP contribution in [0.25, 0.3) is 33.4 Å². The number of aryl methyl sites for hydroxylation is 2.